The average molecular weight is 445 g/mol. The number of amides is 1. The van der Waals surface area contributed by atoms with E-state index < -0.39 is 21.7 Å². The van der Waals surface area contributed by atoms with Gasteiger partial charge in [-0.25, -0.2) is 12.8 Å². The maximum Gasteiger partial charge on any atom is 0.243 e. The zero-order valence-corrected chi connectivity index (χ0v) is 17.9. The lowest BCUT2D eigenvalue weighted by molar-refractivity contribution is -0.116. The Morgan fingerprint density at radius 3 is 2.27 bits per heavy atom. The molecule has 156 valence electrons. The fourth-order valence-electron chi connectivity index (χ4n) is 2.75. The van der Waals surface area contributed by atoms with Gasteiger partial charge in [0.05, 0.1) is 17.1 Å². The van der Waals surface area contributed by atoms with Crippen LogP contribution in [0.2, 0.25) is 0 Å². The predicted octanol–water partition coefficient (Wildman–Crippen LogP) is 4.63. The van der Waals surface area contributed by atoms with Crippen molar-refractivity contribution in [1.82, 2.24) is 4.31 Å². The summed E-state index contributed by atoms with van der Waals surface area (Å²) in [6.07, 6.45) is 0. The minimum Gasteiger partial charge on any atom is -0.324 e. The number of nitrogens with one attached hydrogen (secondary N) is 1. The van der Waals surface area contributed by atoms with Gasteiger partial charge in [-0.3, -0.25) is 4.79 Å². The molecule has 8 heteroatoms. The first-order valence-corrected chi connectivity index (χ1v) is 11.5. The number of carbonyl (C=O) groups is 1. The SMILES string of the molecule is CCN(CC(=O)Nc1ccccc1Sc1ccccc1)S(=O)(=O)c1ccc(F)cc1. The minimum absolute atomic E-state index is 0.0569. The zero-order valence-electron chi connectivity index (χ0n) is 16.3. The standard InChI is InChI=1S/C22H21FN2O3S2/c1-2-25(30(27,28)19-14-12-17(23)13-15-19)16-22(26)24-20-10-6-7-11-21(20)29-18-8-4-3-5-9-18/h3-15H,2,16H2,1H3,(H,24,26). The Morgan fingerprint density at radius 1 is 0.967 bits per heavy atom. The van der Waals surface area contributed by atoms with Crippen LogP contribution in [0.5, 0.6) is 0 Å². The van der Waals surface area contributed by atoms with Crippen LogP contribution < -0.4 is 5.32 Å². The Kier molecular flexibility index (Phi) is 7.25. The number of sulfonamides is 1. The maximum absolute atomic E-state index is 13.1. The molecule has 3 rings (SSSR count). The predicted molar refractivity (Wildman–Crippen MR) is 116 cm³/mol. The molecule has 3 aromatic rings. The van der Waals surface area contributed by atoms with E-state index in [1.54, 1.807) is 19.1 Å². The number of rotatable bonds is 8. The number of carbonyl (C=O) groups excluding carboxylic acids is 1. The molecule has 0 saturated carbocycles. The largest absolute Gasteiger partial charge is 0.324 e. The first kappa shape index (κ1) is 22.0. The summed E-state index contributed by atoms with van der Waals surface area (Å²) >= 11 is 1.50. The van der Waals surface area contributed by atoms with Gasteiger partial charge in [-0.15, -0.1) is 0 Å². The molecule has 0 atom stereocenters. The molecule has 0 unspecified atom stereocenters. The van der Waals surface area contributed by atoms with E-state index in [-0.39, 0.29) is 18.0 Å². The monoisotopic (exact) mass is 444 g/mol. The number of hydrogen-bond acceptors (Lipinski definition) is 4. The lowest BCUT2D eigenvalue weighted by Crippen LogP contribution is -2.37. The van der Waals surface area contributed by atoms with Crippen LogP contribution >= 0.6 is 11.8 Å². The van der Waals surface area contributed by atoms with Gasteiger partial charge in [0.25, 0.3) is 0 Å². The van der Waals surface area contributed by atoms with Gasteiger partial charge in [0.1, 0.15) is 5.82 Å². The Hall–Kier alpha value is -2.68. The summed E-state index contributed by atoms with van der Waals surface area (Å²) in [6.45, 7) is 1.40. The molecule has 0 aliphatic heterocycles. The molecule has 3 aromatic carbocycles. The van der Waals surface area contributed by atoms with Crippen molar-refractivity contribution in [3.8, 4) is 0 Å². The number of benzene rings is 3. The van der Waals surface area contributed by atoms with Crippen molar-refractivity contribution in [2.45, 2.75) is 21.6 Å². The summed E-state index contributed by atoms with van der Waals surface area (Å²) in [7, 11) is -3.91. The third-order valence-corrected chi connectivity index (χ3v) is 7.28. The summed E-state index contributed by atoms with van der Waals surface area (Å²) in [5.74, 6) is -0.981. The van der Waals surface area contributed by atoms with E-state index in [9.17, 15) is 17.6 Å². The van der Waals surface area contributed by atoms with Crippen LogP contribution in [0.3, 0.4) is 0 Å². The highest BCUT2D eigenvalue weighted by atomic mass is 32.2. The van der Waals surface area contributed by atoms with Gasteiger partial charge in [0.2, 0.25) is 15.9 Å². The Labute approximate surface area is 180 Å². The Balaban J connectivity index is 1.74. The van der Waals surface area contributed by atoms with Crippen molar-refractivity contribution in [2.24, 2.45) is 0 Å². The van der Waals surface area contributed by atoms with E-state index >= 15 is 0 Å². The van der Waals surface area contributed by atoms with Gasteiger partial charge in [0.15, 0.2) is 0 Å². The highest BCUT2D eigenvalue weighted by molar-refractivity contribution is 7.99. The Morgan fingerprint density at radius 2 is 1.60 bits per heavy atom. The molecule has 0 radical (unpaired) electrons. The minimum atomic E-state index is -3.91. The van der Waals surface area contributed by atoms with Crippen LogP contribution in [0, 0.1) is 5.82 Å². The third-order valence-electron chi connectivity index (χ3n) is 4.26. The van der Waals surface area contributed by atoms with E-state index in [2.05, 4.69) is 5.32 Å². The van der Waals surface area contributed by atoms with Crippen LogP contribution in [-0.4, -0.2) is 31.7 Å². The van der Waals surface area contributed by atoms with Gasteiger partial charge in [-0.1, -0.05) is 49.0 Å². The van der Waals surface area contributed by atoms with Gasteiger partial charge >= 0.3 is 0 Å². The molecular formula is C22H21FN2O3S2. The summed E-state index contributed by atoms with van der Waals surface area (Å²) in [6, 6.07) is 21.6. The van der Waals surface area contributed by atoms with Crippen molar-refractivity contribution < 1.29 is 17.6 Å². The molecular weight excluding hydrogens is 423 g/mol. The topological polar surface area (TPSA) is 66.5 Å². The zero-order chi connectivity index (χ0) is 21.6. The van der Waals surface area contributed by atoms with E-state index in [0.29, 0.717) is 5.69 Å². The van der Waals surface area contributed by atoms with Crippen LogP contribution in [0.1, 0.15) is 6.92 Å². The summed E-state index contributed by atoms with van der Waals surface area (Å²) in [4.78, 5) is 14.4. The number of likely N-dealkylation sites (N-methyl/N-ethyl adjacent to an activating group) is 1. The molecule has 0 spiro atoms. The Bertz CT molecular complexity index is 1100. The van der Waals surface area contributed by atoms with Crippen molar-refractivity contribution in [3.05, 3.63) is 84.7 Å². The molecule has 1 N–H and O–H groups in total. The number of para-hydroxylation sites is 1. The summed E-state index contributed by atoms with van der Waals surface area (Å²) in [5.41, 5.74) is 0.603. The van der Waals surface area contributed by atoms with Gasteiger partial charge < -0.3 is 5.32 Å². The molecule has 30 heavy (non-hydrogen) atoms. The number of anilines is 1. The van der Waals surface area contributed by atoms with Crippen molar-refractivity contribution in [1.29, 1.82) is 0 Å². The summed E-state index contributed by atoms with van der Waals surface area (Å²) in [5, 5.41) is 2.80. The van der Waals surface area contributed by atoms with Crippen molar-refractivity contribution >= 4 is 33.4 Å². The highest BCUT2D eigenvalue weighted by Crippen LogP contribution is 2.33. The summed E-state index contributed by atoms with van der Waals surface area (Å²) < 4.78 is 39.8. The second-order valence-electron chi connectivity index (χ2n) is 6.34. The molecule has 5 nitrogen and oxygen atoms in total. The third kappa shape index (κ3) is 5.47. The lowest BCUT2D eigenvalue weighted by atomic mass is 10.3. The molecule has 0 heterocycles. The van der Waals surface area contributed by atoms with Crippen molar-refractivity contribution in [3.63, 3.8) is 0 Å². The molecule has 0 aliphatic carbocycles. The molecule has 0 aliphatic rings. The number of nitrogens with zero attached hydrogens (tertiary/aromatic N) is 1. The maximum atomic E-state index is 13.1. The molecule has 1 amide bonds. The first-order valence-electron chi connectivity index (χ1n) is 9.27. The fourth-order valence-corrected chi connectivity index (χ4v) is 5.07. The van der Waals surface area contributed by atoms with E-state index in [1.165, 1.54) is 23.9 Å². The average Bonchev–Trinajstić information content (AvgIpc) is 2.74. The fraction of sp³-hybridized carbons (Fsp3) is 0.136. The number of hydrogen-bond donors (Lipinski definition) is 1. The van der Waals surface area contributed by atoms with E-state index in [4.69, 9.17) is 0 Å². The van der Waals surface area contributed by atoms with Crippen LogP contribution in [0.4, 0.5) is 10.1 Å². The first-order chi connectivity index (χ1) is 14.4. The van der Waals surface area contributed by atoms with Crippen LogP contribution in [0.15, 0.2) is 93.5 Å². The van der Waals surface area contributed by atoms with E-state index in [0.717, 1.165) is 26.2 Å². The van der Waals surface area contributed by atoms with E-state index in [1.807, 2.05) is 42.5 Å². The molecule has 0 aromatic heterocycles. The second-order valence-corrected chi connectivity index (χ2v) is 9.40. The van der Waals surface area contributed by atoms with Gasteiger partial charge in [-0.2, -0.15) is 4.31 Å². The van der Waals surface area contributed by atoms with Crippen LogP contribution in [0.25, 0.3) is 0 Å². The second kappa shape index (κ2) is 9.88. The molecule has 0 saturated heterocycles. The molecule has 0 bridgehead atoms. The quantitative estimate of drug-likeness (QED) is 0.550. The van der Waals surface area contributed by atoms with Gasteiger partial charge in [0, 0.05) is 16.3 Å². The van der Waals surface area contributed by atoms with Crippen LogP contribution in [-0.2, 0) is 14.8 Å². The van der Waals surface area contributed by atoms with Gasteiger partial charge in [-0.05, 0) is 48.5 Å². The normalized spacial score (nSPS) is 11.4. The smallest absolute Gasteiger partial charge is 0.243 e. The highest BCUT2D eigenvalue weighted by Gasteiger charge is 2.25. The molecule has 0 fully saturated rings. The van der Waals surface area contributed by atoms with Crippen molar-refractivity contribution in [2.75, 3.05) is 18.4 Å². The number of halogens is 1. The lowest BCUT2D eigenvalue weighted by Gasteiger charge is -2.20.